The number of carbonyl (C=O) groups is 4. The van der Waals surface area contributed by atoms with E-state index in [0.29, 0.717) is 17.5 Å². The fraction of sp³-hybridized carbons (Fsp3) is 0.476. The Bertz CT molecular complexity index is 2440. The van der Waals surface area contributed by atoms with Crippen LogP contribution in [0.15, 0.2) is 48.8 Å². The van der Waals surface area contributed by atoms with Crippen LogP contribution in [0.4, 0.5) is 9.59 Å². The minimum absolute atomic E-state index is 0.113. The molecule has 4 fully saturated rings. The molecule has 16 nitrogen and oxygen atoms in total. The maximum atomic E-state index is 13.9. The Balaban J connectivity index is 0.923. The first-order chi connectivity index (χ1) is 27.9. The molecule has 8 atom stereocenters. The lowest BCUT2D eigenvalue weighted by molar-refractivity contribution is -0.137. The van der Waals surface area contributed by atoms with Crippen LogP contribution in [0.2, 0.25) is 0 Å². The van der Waals surface area contributed by atoms with Gasteiger partial charge in [-0.1, -0.05) is 39.8 Å². The smallest absolute Gasteiger partial charge is 0.407 e. The van der Waals surface area contributed by atoms with Crippen molar-refractivity contribution in [1.82, 2.24) is 50.3 Å². The second-order valence-electron chi connectivity index (χ2n) is 16.8. The largest absolute Gasteiger partial charge is 0.453 e. The van der Waals surface area contributed by atoms with Gasteiger partial charge in [0, 0.05) is 23.2 Å². The van der Waals surface area contributed by atoms with Gasteiger partial charge in [-0.25, -0.2) is 24.5 Å². The Kier molecular flexibility index (Phi) is 9.31. The zero-order valence-corrected chi connectivity index (χ0v) is 33.4. The van der Waals surface area contributed by atoms with Gasteiger partial charge in [0.1, 0.15) is 23.7 Å². The van der Waals surface area contributed by atoms with E-state index in [1.165, 1.54) is 14.2 Å². The number of amides is 4. The number of fused-ring (bicyclic) bond motifs is 4. The van der Waals surface area contributed by atoms with Gasteiger partial charge in [0.05, 0.1) is 72.2 Å². The molecule has 4 amide bonds. The Hall–Kier alpha value is -6.06. The first kappa shape index (κ1) is 37.5. The summed E-state index contributed by atoms with van der Waals surface area (Å²) in [6.45, 7) is 7.65. The molecule has 2 aromatic carbocycles. The minimum Gasteiger partial charge on any atom is -0.453 e. The summed E-state index contributed by atoms with van der Waals surface area (Å²) in [5, 5.41) is 5.46. The molecule has 5 heterocycles. The van der Waals surface area contributed by atoms with Crippen LogP contribution >= 0.6 is 0 Å². The van der Waals surface area contributed by atoms with E-state index in [1.54, 1.807) is 12.4 Å². The number of nitrogens with one attached hydrogen (secondary N) is 4. The SMILES string of the molecule is COC(=O)N[C@H](C(=O)N1[C@@H]2C[C@@H]2C[C@H]1c1ncc(-c2ccc3nc(-c4ccc5nc([C@@H]6C[C@H]7C[C@H]7N6C(=O)[C@@H](NC(=O)OC)C(C)C)[nH]c5c4)cnc3c2)[nH]1)C(C)C. The van der Waals surface area contributed by atoms with E-state index >= 15 is 0 Å². The Labute approximate surface area is 334 Å². The summed E-state index contributed by atoms with van der Waals surface area (Å²) in [4.78, 5) is 82.0. The van der Waals surface area contributed by atoms with Crippen molar-refractivity contribution in [1.29, 1.82) is 0 Å². The molecule has 0 radical (unpaired) electrons. The molecule has 0 bridgehead atoms. The molecule has 5 aromatic rings. The number of likely N-dealkylation sites (tertiary alicyclic amines) is 2. The number of rotatable bonds is 10. The molecule has 9 rings (SSSR count). The van der Waals surface area contributed by atoms with Gasteiger partial charge >= 0.3 is 12.2 Å². The van der Waals surface area contributed by atoms with Crippen molar-refractivity contribution < 1.29 is 28.7 Å². The summed E-state index contributed by atoms with van der Waals surface area (Å²) in [6, 6.07) is 10.3. The van der Waals surface area contributed by atoms with Crippen molar-refractivity contribution in [2.45, 2.75) is 89.6 Å². The number of H-pyrrole nitrogens is 2. The van der Waals surface area contributed by atoms with Crippen molar-refractivity contribution in [3.8, 4) is 22.5 Å². The van der Waals surface area contributed by atoms with E-state index in [4.69, 9.17) is 29.4 Å². The predicted molar refractivity (Wildman–Crippen MR) is 213 cm³/mol. The molecule has 2 aliphatic heterocycles. The summed E-state index contributed by atoms with van der Waals surface area (Å²) in [5.74, 6) is 1.83. The van der Waals surface area contributed by atoms with Gasteiger partial charge in [0.25, 0.3) is 0 Å². The molecule has 58 heavy (non-hydrogen) atoms. The monoisotopic (exact) mass is 788 g/mol. The second kappa shape index (κ2) is 14.4. The minimum atomic E-state index is -0.697. The lowest BCUT2D eigenvalue weighted by Gasteiger charge is -2.31. The van der Waals surface area contributed by atoms with Crippen LogP contribution < -0.4 is 10.6 Å². The molecular formula is C42H48N10O6. The molecule has 2 saturated carbocycles. The molecule has 16 heteroatoms. The molecule has 302 valence electrons. The van der Waals surface area contributed by atoms with E-state index in [0.717, 1.165) is 76.2 Å². The summed E-state index contributed by atoms with van der Waals surface area (Å²) in [7, 11) is 2.59. The maximum Gasteiger partial charge on any atom is 0.407 e. The van der Waals surface area contributed by atoms with Crippen LogP contribution in [0.5, 0.6) is 0 Å². The first-order valence-electron chi connectivity index (χ1n) is 20.1. The van der Waals surface area contributed by atoms with Crippen LogP contribution in [0.1, 0.15) is 77.1 Å². The number of ether oxygens (including phenoxy) is 2. The number of imidazole rings is 2. The number of carbonyl (C=O) groups excluding carboxylic acids is 4. The molecule has 3 aromatic heterocycles. The van der Waals surface area contributed by atoms with E-state index in [9.17, 15) is 19.2 Å². The van der Waals surface area contributed by atoms with Crippen LogP contribution in [0.3, 0.4) is 0 Å². The van der Waals surface area contributed by atoms with Crippen LogP contribution in [0, 0.1) is 23.7 Å². The molecule has 4 N–H and O–H groups in total. The third-order valence-electron chi connectivity index (χ3n) is 12.4. The average molecular weight is 789 g/mol. The number of aromatic nitrogens is 6. The zero-order valence-electron chi connectivity index (χ0n) is 33.4. The first-order valence-corrected chi connectivity index (χ1v) is 20.1. The molecule has 4 aliphatic rings. The zero-order chi connectivity index (χ0) is 40.6. The number of aromatic amines is 2. The van der Waals surface area contributed by atoms with Gasteiger partial charge in [0.15, 0.2) is 0 Å². The molecule has 2 aliphatic carbocycles. The summed E-state index contributed by atoms with van der Waals surface area (Å²) in [5.41, 5.74) is 6.36. The Morgan fingerprint density at radius 1 is 0.672 bits per heavy atom. The van der Waals surface area contributed by atoms with Gasteiger partial charge in [-0.15, -0.1) is 0 Å². The predicted octanol–water partition coefficient (Wildman–Crippen LogP) is 5.65. The lowest BCUT2D eigenvalue weighted by Crippen LogP contribution is -2.52. The van der Waals surface area contributed by atoms with Crippen LogP contribution in [-0.2, 0) is 19.1 Å². The number of alkyl carbamates (subject to hydrolysis) is 2. The number of methoxy groups -OCH3 is 2. The fourth-order valence-electron chi connectivity index (χ4n) is 9.07. The summed E-state index contributed by atoms with van der Waals surface area (Å²) in [6.07, 6.45) is 5.86. The molecule has 0 unspecified atom stereocenters. The third-order valence-corrected chi connectivity index (χ3v) is 12.4. The maximum absolute atomic E-state index is 13.9. The lowest BCUT2D eigenvalue weighted by atomic mass is 10.0. The topological polar surface area (TPSA) is 200 Å². The van der Waals surface area contributed by atoms with Gasteiger partial charge < -0.3 is 39.9 Å². The summed E-state index contributed by atoms with van der Waals surface area (Å²) >= 11 is 0. The van der Waals surface area contributed by atoms with Gasteiger partial charge in [-0.05, 0) is 73.6 Å². The van der Waals surface area contributed by atoms with Crippen molar-refractivity contribution in [2.75, 3.05) is 14.2 Å². The highest BCUT2D eigenvalue weighted by molar-refractivity contribution is 5.89. The van der Waals surface area contributed by atoms with Crippen molar-refractivity contribution >= 4 is 46.1 Å². The third kappa shape index (κ3) is 6.67. The van der Waals surface area contributed by atoms with Gasteiger partial charge in [-0.2, -0.15) is 0 Å². The van der Waals surface area contributed by atoms with E-state index in [-0.39, 0.29) is 47.8 Å². The number of hydrogen-bond acceptors (Lipinski definition) is 10. The Morgan fingerprint density at radius 3 is 1.86 bits per heavy atom. The van der Waals surface area contributed by atoms with Crippen LogP contribution in [-0.4, -0.2) is 102 Å². The fourth-order valence-corrected chi connectivity index (χ4v) is 9.07. The average Bonchev–Trinajstić information content (AvgIpc) is 3.84. The second-order valence-corrected chi connectivity index (χ2v) is 16.8. The van der Waals surface area contributed by atoms with E-state index < -0.39 is 24.3 Å². The molecular weight excluding hydrogens is 741 g/mol. The summed E-state index contributed by atoms with van der Waals surface area (Å²) < 4.78 is 9.60. The number of hydrogen-bond donors (Lipinski definition) is 4. The molecule has 0 spiro atoms. The normalized spacial score (nSPS) is 24.1. The van der Waals surface area contributed by atoms with Crippen molar-refractivity contribution in [3.63, 3.8) is 0 Å². The Morgan fingerprint density at radius 2 is 1.26 bits per heavy atom. The van der Waals surface area contributed by atoms with E-state index in [2.05, 4.69) is 20.6 Å². The molecule has 2 saturated heterocycles. The highest BCUT2D eigenvalue weighted by atomic mass is 16.5. The van der Waals surface area contributed by atoms with Gasteiger partial charge in [-0.3, -0.25) is 14.6 Å². The van der Waals surface area contributed by atoms with Crippen molar-refractivity contribution in [2.24, 2.45) is 23.7 Å². The van der Waals surface area contributed by atoms with E-state index in [1.807, 2.05) is 73.9 Å². The number of piperidine rings is 2. The van der Waals surface area contributed by atoms with Crippen LogP contribution in [0.25, 0.3) is 44.6 Å². The highest BCUT2D eigenvalue weighted by Crippen LogP contribution is 2.54. The van der Waals surface area contributed by atoms with Gasteiger partial charge in [0.2, 0.25) is 11.8 Å². The van der Waals surface area contributed by atoms with Crippen molar-refractivity contribution in [3.05, 3.63) is 60.4 Å². The number of benzene rings is 2. The quantitative estimate of drug-likeness (QED) is 0.137. The standard InChI is InChI=1S/C42H48N10O6/c1-19(2)35(49-41(55)57-5)39(53)51-31-13-23(31)15-33(51)37-44-18-30(48-37)21-7-9-25-27(11-21)43-17-29(45-25)22-8-10-26-28(12-22)47-38(46-26)34-16-24-14-32(24)52(34)40(54)36(20(3)4)50-42(56)58-6/h7-12,17-20,23-24,31-36H,13-16H2,1-6H3,(H,44,48)(H,46,47)(H,49,55)(H,50,56)/t23-,24-,31-,32-,33+,34+,35+,36+/m1/s1. The highest BCUT2D eigenvalue weighted by Gasteiger charge is 2.57. The number of nitrogens with zero attached hydrogens (tertiary/aromatic N) is 6.